The zero-order valence-electron chi connectivity index (χ0n) is 15.0. The lowest BCUT2D eigenvalue weighted by Crippen LogP contribution is -2.46. The van der Waals surface area contributed by atoms with Crippen molar-refractivity contribution < 1.29 is 12.9 Å². The molecule has 0 aromatic carbocycles. The second-order valence-electron chi connectivity index (χ2n) is 7.27. The van der Waals surface area contributed by atoms with Gasteiger partial charge in [-0.05, 0) is 49.9 Å². The van der Waals surface area contributed by atoms with Crippen molar-refractivity contribution in [1.82, 2.24) is 24.4 Å². The van der Waals surface area contributed by atoms with E-state index in [-0.39, 0.29) is 22.9 Å². The molecule has 2 fully saturated rings. The molecule has 3 aromatic rings. The Balaban J connectivity index is 1.39. The molecule has 0 N–H and O–H groups in total. The predicted molar refractivity (Wildman–Crippen MR) is 99.6 cm³/mol. The third kappa shape index (κ3) is 2.91. The fourth-order valence-corrected chi connectivity index (χ4v) is 6.22. The van der Waals surface area contributed by atoms with Gasteiger partial charge in [-0.25, -0.2) is 8.42 Å². The van der Waals surface area contributed by atoms with Crippen molar-refractivity contribution >= 4 is 10.0 Å². The monoisotopic (exact) mass is 397 g/mol. The average Bonchev–Trinajstić information content (AvgIpc) is 3.33. The molecule has 2 aliphatic heterocycles. The highest BCUT2D eigenvalue weighted by Gasteiger charge is 2.48. The summed E-state index contributed by atoms with van der Waals surface area (Å²) in [5.74, 6) is 1.16. The van der Waals surface area contributed by atoms with Gasteiger partial charge < -0.3 is 4.52 Å². The van der Waals surface area contributed by atoms with Gasteiger partial charge in [0.05, 0.1) is 0 Å². The Morgan fingerprint density at radius 2 is 1.71 bits per heavy atom. The molecular formula is C19H19N5O3S. The van der Waals surface area contributed by atoms with Crippen LogP contribution in [0.2, 0.25) is 0 Å². The summed E-state index contributed by atoms with van der Waals surface area (Å²) in [6.07, 6.45) is 9.46. The summed E-state index contributed by atoms with van der Waals surface area (Å²) in [6.45, 7) is 0. The minimum Gasteiger partial charge on any atom is -0.339 e. The van der Waals surface area contributed by atoms with Gasteiger partial charge in [0, 0.05) is 48.4 Å². The summed E-state index contributed by atoms with van der Waals surface area (Å²) in [5, 5.41) is 4.08. The second-order valence-corrected chi connectivity index (χ2v) is 9.12. The van der Waals surface area contributed by atoms with Crippen LogP contribution < -0.4 is 0 Å². The lowest BCUT2D eigenvalue weighted by atomic mass is 9.92. The van der Waals surface area contributed by atoms with Crippen LogP contribution >= 0.6 is 0 Å². The molecule has 3 aromatic heterocycles. The molecule has 0 amide bonds. The van der Waals surface area contributed by atoms with Crippen molar-refractivity contribution in [3.63, 3.8) is 0 Å². The summed E-state index contributed by atoms with van der Waals surface area (Å²) in [5.41, 5.74) is 0.803. The van der Waals surface area contributed by atoms with Crippen LogP contribution in [0.1, 0.15) is 37.5 Å². The first-order chi connectivity index (χ1) is 13.6. The molecule has 2 aliphatic rings. The SMILES string of the molecule is O=S(=O)(c1cccnc1)N1[C@@H]2CC[C@H]1CC(c1nc(-c3cccnc3)no1)C2. The van der Waals surface area contributed by atoms with Crippen LogP contribution in [-0.2, 0) is 10.0 Å². The molecule has 0 spiro atoms. The normalized spacial score (nSPS) is 25.1. The maximum Gasteiger partial charge on any atom is 0.245 e. The minimum atomic E-state index is -3.55. The third-order valence-corrected chi connectivity index (χ3v) is 7.58. The first kappa shape index (κ1) is 17.4. The molecule has 0 radical (unpaired) electrons. The van der Waals surface area contributed by atoms with E-state index in [9.17, 15) is 8.42 Å². The largest absolute Gasteiger partial charge is 0.339 e. The zero-order chi connectivity index (χ0) is 19.1. The molecule has 9 heteroatoms. The molecule has 5 rings (SSSR count). The van der Waals surface area contributed by atoms with E-state index in [1.165, 1.54) is 6.20 Å². The summed E-state index contributed by atoms with van der Waals surface area (Å²) < 4.78 is 33.4. The van der Waals surface area contributed by atoms with E-state index < -0.39 is 10.0 Å². The fourth-order valence-electron chi connectivity index (χ4n) is 4.36. The number of pyridine rings is 2. The highest BCUT2D eigenvalue weighted by Crippen LogP contribution is 2.45. The van der Waals surface area contributed by atoms with Gasteiger partial charge in [-0.2, -0.15) is 9.29 Å². The van der Waals surface area contributed by atoms with E-state index in [0.717, 1.165) is 18.4 Å². The molecule has 2 bridgehead atoms. The average molecular weight is 397 g/mol. The number of aromatic nitrogens is 4. The lowest BCUT2D eigenvalue weighted by Gasteiger charge is -2.36. The van der Waals surface area contributed by atoms with Gasteiger partial charge in [-0.15, -0.1) is 0 Å². The van der Waals surface area contributed by atoms with Gasteiger partial charge in [0.2, 0.25) is 21.7 Å². The molecule has 1 unspecified atom stereocenters. The summed E-state index contributed by atoms with van der Waals surface area (Å²) >= 11 is 0. The topological polar surface area (TPSA) is 102 Å². The molecule has 8 nitrogen and oxygen atoms in total. The van der Waals surface area contributed by atoms with E-state index in [2.05, 4.69) is 20.1 Å². The van der Waals surface area contributed by atoms with E-state index in [4.69, 9.17) is 4.52 Å². The van der Waals surface area contributed by atoms with Gasteiger partial charge in [0.25, 0.3) is 0 Å². The minimum absolute atomic E-state index is 0.0531. The summed E-state index contributed by atoms with van der Waals surface area (Å²) in [7, 11) is -3.55. The lowest BCUT2D eigenvalue weighted by molar-refractivity contribution is 0.202. The molecular weight excluding hydrogens is 378 g/mol. The standard InChI is InChI=1S/C19H19N5O3S/c25-28(26,17-4-2-8-21-12-17)24-15-5-6-16(24)10-14(9-15)19-22-18(23-27-19)13-3-1-7-20-11-13/h1-4,7-8,11-12,14-16H,5-6,9-10H2/t14?,15-,16+. The maximum atomic E-state index is 13.1. The predicted octanol–water partition coefficient (Wildman–Crippen LogP) is 2.63. The number of rotatable bonds is 4. The Kier molecular flexibility index (Phi) is 4.21. The third-order valence-electron chi connectivity index (χ3n) is 5.59. The van der Waals surface area contributed by atoms with Crippen LogP contribution in [0.3, 0.4) is 0 Å². The number of hydrogen-bond acceptors (Lipinski definition) is 7. The van der Waals surface area contributed by atoms with Crippen LogP contribution in [0, 0.1) is 0 Å². The molecule has 3 atom stereocenters. The zero-order valence-corrected chi connectivity index (χ0v) is 15.9. The number of hydrogen-bond donors (Lipinski definition) is 0. The van der Waals surface area contributed by atoms with Gasteiger partial charge in [-0.3, -0.25) is 9.97 Å². The Labute approximate surface area is 162 Å². The summed E-state index contributed by atoms with van der Waals surface area (Å²) in [6, 6.07) is 6.86. The van der Waals surface area contributed by atoms with Gasteiger partial charge in [0.1, 0.15) is 4.90 Å². The Morgan fingerprint density at radius 3 is 2.36 bits per heavy atom. The first-order valence-corrected chi connectivity index (χ1v) is 10.7. The van der Waals surface area contributed by atoms with Crippen molar-refractivity contribution in [2.24, 2.45) is 0 Å². The molecule has 0 aliphatic carbocycles. The highest BCUT2D eigenvalue weighted by molar-refractivity contribution is 7.89. The van der Waals surface area contributed by atoms with Crippen LogP contribution in [-0.4, -0.2) is 44.9 Å². The molecule has 0 saturated carbocycles. The molecule has 5 heterocycles. The second kappa shape index (κ2) is 6.75. The van der Waals surface area contributed by atoms with E-state index in [1.807, 2.05) is 12.1 Å². The summed E-state index contributed by atoms with van der Waals surface area (Å²) in [4.78, 5) is 12.9. The molecule has 28 heavy (non-hydrogen) atoms. The van der Waals surface area contributed by atoms with Crippen LogP contribution in [0.15, 0.2) is 58.5 Å². The first-order valence-electron chi connectivity index (χ1n) is 9.30. The van der Waals surface area contributed by atoms with Crippen molar-refractivity contribution in [3.8, 4) is 11.4 Å². The number of fused-ring (bicyclic) bond motifs is 2. The van der Waals surface area contributed by atoms with E-state index >= 15 is 0 Å². The highest BCUT2D eigenvalue weighted by atomic mass is 32.2. The number of nitrogens with zero attached hydrogens (tertiary/aromatic N) is 5. The fraction of sp³-hybridized carbons (Fsp3) is 0.368. The maximum absolute atomic E-state index is 13.1. The van der Waals surface area contributed by atoms with Crippen molar-refractivity contribution in [2.75, 3.05) is 0 Å². The Bertz CT molecular complexity index is 1060. The van der Waals surface area contributed by atoms with Gasteiger partial charge >= 0.3 is 0 Å². The van der Waals surface area contributed by atoms with Gasteiger partial charge in [-0.1, -0.05) is 5.16 Å². The number of sulfonamides is 1. The van der Waals surface area contributed by atoms with Crippen molar-refractivity contribution in [3.05, 3.63) is 54.9 Å². The van der Waals surface area contributed by atoms with Gasteiger partial charge in [0.15, 0.2) is 0 Å². The van der Waals surface area contributed by atoms with Crippen molar-refractivity contribution in [2.45, 2.75) is 48.6 Å². The van der Waals surface area contributed by atoms with Crippen molar-refractivity contribution in [1.29, 1.82) is 0 Å². The Morgan fingerprint density at radius 1 is 1.00 bits per heavy atom. The van der Waals surface area contributed by atoms with Crippen LogP contribution in [0.5, 0.6) is 0 Å². The quantitative estimate of drug-likeness (QED) is 0.667. The molecule has 144 valence electrons. The Hall–Kier alpha value is -2.65. The smallest absolute Gasteiger partial charge is 0.245 e. The number of piperidine rings is 1. The van der Waals surface area contributed by atoms with E-state index in [1.54, 1.807) is 35.0 Å². The van der Waals surface area contributed by atoms with Crippen LogP contribution in [0.4, 0.5) is 0 Å². The van der Waals surface area contributed by atoms with E-state index in [0.29, 0.717) is 24.6 Å². The molecule has 2 saturated heterocycles. The van der Waals surface area contributed by atoms with Crippen LogP contribution in [0.25, 0.3) is 11.4 Å².